The van der Waals surface area contributed by atoms with Gasteiger partial charge in [0.25, 0.3) is 0 Å². The van der Waals surface area contributed by atoms with Crippen molar-refractivity contribution in [1.29, 1.82) is 0 Å². The number of rotatable bonds is 4. The number of esters is 1. The van der Waals surface area contributed by atoms with Gasteiger partial charge in [0.2, 0.25) is 0 Å². The summed E-state index contributed by atoms with van der Waals surface area (Å²) in [5, 5.41) is 0. The third-order valence-electron chi connectivity index (χ3n) is 3.70. The van der Waals surface area contributed by atoms with E-state index in [0.29, 0.717) is 18.0 Å². The van der Waals surface area contributed by atoms with E-state index in [9.17, 15) is 4.79 Å². The number of benzene rings is 1. The first-order valence-electron chi connectivity index (χ1n) is 6.79. The summed E-state index contributed by atoms with van der Waals surface area (Å²) in [5.74, 6) is 0.899. The molecule has 1 aliphatic carbocycles. The molecule has 1 fully saturated rings. The maximum absolute atomic E-state index is 11.3. The molecule has 2 unspecified atom stereocenters. The fourth-order valence-corrected chi connectivity index (χ4v) is 2.56. The summed E-state index contributed by atoms with van der Waals surface area (Å²) in [4.78, 5) is 11.3. The predicted molar refractivity (Wildman–Crippen MR) is 73.2 cm³/mol. The highest BCUT2D eigenvalue weighted by atomic mass is 16.5. The summed E-state index contributed by atoms with van der Waals surface area (Å²) in [6.07, 6.45) is 4.83. The molecule has 2 N–H and O–H groups in total. The molecule has 1 saturated carbocycles. The Morgan fingerprint density at radius 1 is 1.26 bits per heavy atom. The fourth-order valence-electron chi connectivity index (χ4n) is 2.56. The van der Waals surface area contributed by atoms with Crippen LogP contribution in [0, 0.1) is 5.92 Å². The van der Waals surface area contributed by atoms with Crippen LogP contribution in [0.15, 0.2) is 24.3 Å². The average molecular weight is 263 g/mol. The largest absolute Gasteiger partial charge is 0.490 e. The van der Waals surface area contributed by atoms with Crippen LogP contribution in [0.25, 0.3) is 0 Å². The zero-order valence-corrected chi connectivity index (χ0v) is 11.3. The second kappa shape index (κ2) is 6.57. The minimum absolute atomic E-state index is 0.197. The van der Waals surface area contributed by atoms with Crippen LogP contribution in [-0.2, 0) is 4.74 Å². The molecular formula is C15H21NO3. The van der Waals surface area contributed by atoms with Crippen LogP contribution in [0.5, 0.6) is 5.75 Å². The summed E-state index contributed by atoms with van der Waals surface area (Å²) in [7, 11) is 1.38. The van der Waals surface area contributed by atoms with Gasteiger partial charge < -0.3 is 15.2 Å². The van der Waals surface area contributed by atoms with Crippen molar-refractivity contribution in [2.75, 3.05) is 13.7 Å². The Bertz CT molecular complexity index is 416. The zero-order valence-electron chi connectivity index (χ0n) is 11.3. The molecule has 0 saturated heterocycles. The third kappa shape index (κ3) is 3.47. The SMILES string of the molecule is COC(=O)c1ccc(OC2CCCCC2CN)cc1. The molecule has 0 heterocycles. The Kier molecular flexibility index (Phi) is 4.80. The van der Waals surface area contributed by atoms with Crippen molar-refractivity contribution in [2.24, 2.45) is 11.7 Å². The van der Waals surface area contributed by atoms with E-state index in [0.717, 1.165) is 18.6 Å². The van der Waals surface area contributed by atoms with E-state index >= 15 is 0 Å². The Morgan fingerprint density at radius 2 is 1.95 bits per heavy atom. The minimum atomic E-state index is -0.330. The van der Waals surface area contributed by atoms with Crippen molar-refractivity contribution in [3.8, 4) is 5.75 Å². The van der Waals surface area contributed by atoms with Crippen molar-refractivity contribution in [3.05, 3.63) is 29.8 Å². The van der Waals surface area contributed by atoms with Gasteiger partial charge in [-0.25, -0.2) is 4.79 Å². The Hall–Kier alpha value is -1.55. The minimum Gasteiger partial charge on any atom is -0.490 e. The Balaban J connectivity index is 2.00. The highest BCUT2D eigenvalue weighted by Gasteiger charge is 2.25. The summed E-state index contributed by atoms with van der Waals surface area (Å²) in [6, 6.07) is 7.08. The predicted octanol–water partition coefficient (Wildman–Crippen LogP) is 2.37. The standard InChI is InChI=1S/C15H21NO3/c1-18-15(17)11-6-8-13(9-7-11)19-14-5-3-2-4-12(14)10-16/h6-9,12,14H,2-5,10,16H2,1H3. The van der Waals surface area contributed by atoms with E-state index in [1.165, 1.54) is 20.0 Å². The van der Waals surface area contributed by atoms with Gasteiger partial charge in [-0.1, -0.05) is 6.42 Å². The van der Waals surface area contributed by atoms with E-state index in [2.05, 4.69) is 4.74 Å². The van der Waals surface area contributed by atoms with E-state index in [1.807, 2.05) is 12.1 Å². The van der Waals surface area contributed by atoms with Gasteiger partial charge in [-0.2, -0.15) is 0 Å². The quantitative estimate of drug-likeness (QED) is 0.847. The zero-order chi connectivity index (χ0) is 13.7. The summed E-state index contributed by atoms with van der Waals surface area (Å²) < 4.78 is 10.7. The lowest BCUT2D eigenvalue weighted by Crippen LogP contribution is -2.35. The summed E-state index contributed by atoms with van der Waals surface area (Å²) in [6.45, 7) is 0.672. The van der Waals surface area contributed by atoms with Crippen LogP contribution in [0.2, 0.25) is 0 Å². The first-order chi connectivity index (χ1) is 9.24. The van der Waals surface area contributed by atoms with Gasteiger partial charge in [0.05, 0.1) is 12.7 Å². The van der Waals surface area contributed by atoms with Crippen molar-refractivity contribution >= 4 is 5.97 Å². The molecule has 2 rings (SSSR count). The van der Waals surface area contributed by atoms with Crippen molar-refractivity contribution in [2.45, 2.75) is 31.8 Å². The molecule has 1 aromatic carbocycles. The van der Waals surface area contributed by atoms with Gasteiger partial charge >= 0.3 is 5.97 Å². The molecule has 1 aliphatic rings. The molecule has 4 nitrogen and oxygen atoms in total. The van der Waals surface area contributed by atoms with E-state index in [4.69, 9.17) is 10.5 Å². The first-order valence-corrected chi connectivity index (χ1v) is 6.79. The second-order valence-electron chi connectivity index (χ2n) is 4.95. The monoisotopic (exact) mass is 263 g/mol. The van der Waals surface area contributed by atoms with Crippen molar-refractivity contribution in [1.82, 2.24) is 0 Å². The molecule has 104 valence electrons. The Labute approximate surface area is 113 Å². The van der Waals surface area contributed by atoms with Crippen LogP contribution in [-0.4, -0.2) is 25.7 Å². The van der Waals surface area contributed by atoms with Crippen LogP contribution >= 0.6 is 0 Å². The highest BCUT2D eigenvalue weighted by Crippen LogP contribution is 2.28. The van der Waals surface area contributed by atoms with Crippen LogP contribution in [0.3, 0.4) is 0 Å². The molecule has 1 aromatic rings. The molecule has 19 heavy (non-hydrogen) atoms. The van der Waals surface area contributed by atoms with Crippen LogP contribution in [0.1, 0.15) is 36.0 Å². The van der Waals surface area contributed by atoms with Gasteiger partial charge in [0.1, 0.15) is 11.9 Å². The van der Waals surface area contributed by atoms with E-state index in [1.54, 1.807) is 12.1 Å². The average Bonchev–Trinajstić information content (AvgIpc) is 2.48. The van der Waals surface area contributed by atoms with E-state index < -0.39 is 0 Å². The number of carbonyl (C=O) groups is 1. The number of methoxy groups -OCH3 is 1. The topological polar surface area (TPSA) is 61.5 Å². The summed E-state index contributed by atoms with van der Waals surface area (Å²) >= 11 is 0. The molecule has 2 atom stereocenters. The lowest BCUT2D eigenvalue weighted by molar-refractivity contribution is 0.0600. The van der Waals surface area contributed by atoms with E-state index in [-0.39, 0.29) is 12.1 Å². The maximum atomic E-state index is 11.3. The fraction of sp³-hybridized carbons (Fsp3) is 0.533. The highest BCUT2D eigenvalue weighted by molar-refractivity contribution is 5.89. The number of ether oxygens (including phenoxy) is 2. The van der Waals surface area contributed by atoms with Gasteiger partial charge in [-0.3, -0.25) is 0 Å². The van der Waals surface area contributed by atoms with Gasteiger partial charge in [-0.05, 0) is 50.1 Å². The number of hydrogen-bond acceptors (Lipinski definition) is 4. The normalized spacial score (nSPS) is 22.8. The van der Waals surface area contributed by atoms with Crippen LogP contribution < -0.4 is 10.5 Å². The summed E-state index contributed by atoms with van der Waals surface area (Å²) in [5.41, 5.74) is 6.32. The van der Waals surface area contributed by atoms with Gasteiger partial charge in [0.15, 0.2) is 0 Å². The molecule has 0 radical (unpaired) electrons. The molecule has 0 aromatic heterocycles. The molecule has 0 aliphatic heterocycles. The lowest BCUT2D eigenvalue weighted by atomic mass is 9.86. The molecule has 4 heteroatoms. The maximum Gasteiger partial charge on any atom is 0.337 e. The second-order valence-corrected chi connectivity index (χ2v) is 4.95. The van der Waals surface area contributed by atoms with Crippen molar-refractivity contribution in [3.63, 3.8) is 0 Å². The molecular weight excluding hydrogens is 242 g/mol. The number of nitrogens with two attached hydrogens (primary N) is 1. The number of hydrogen-bond donors (Lipinski definition) is 1. The Morgan fingerprint density at radius 3 is 2.58 bits per heavy atom. The molecule has 0 amide bonds. The molecule has 0 bridgehead atoms. The van der Waals surface area contributed by atoms with Gasteiger partial charge in [0, 0.05) is 5.92 Å². The smallest absolute Gasteiger partial charge is 0.337 e. The molecule has 0 spiro atoms. The number of carbonyl (C=O) groups excluding carboxylic acids is 1. The lowest BCUT2D eigenvalue weighted by Gasteiger charge is -2.31. The van der Waals surface area contributed by atoms with Crippen LogP contribution in [0.4, 0.5) is 0 Å². The van der Waals surface area contributed by atoms with Crippen molar-refractivity contribution < 1.29 is 14.3 Å². The first kappa shape index (κ1) is 13.9. The third-order valence-corrected chi connectivity index (χ3v) is 3.70. The van der Waals surface area contributed by atoms with Gasteiger partial charge in [-0.15, -0.1) is 0 Å².